The molecule has 2 heterocycles. The van der Waals surface area contributed by atoms with Crippen molar-refractivity contribution in [1.82, 2.24) is 14.8 Å². The molecule has 8 heteroatoms. The van der Waals surface area contributed by atoms with Crippen molar-refractivity contribution >= 4 is 40.8 Å². The summed E-state index contributed by atoms with van der Waals surface area (Å²) in [5.41, 5.74) is 4.98. The van der Waals surface area contributed by atoms with Crippen LogP contribution >= 0.6 is 11.6 Å². The van der Waals surface area contributed by atoms with Crippen molar-refractivity contribution < 1.29 is 14.3 Å². The van der Waals surface area contributed by atoms with Crippen LogP contribution < -0.4 is 4.90 Å². The van der Waals surface area contributed by atoms with Gasteiger partial charge in [-0.25, -0.2) is 4.79 Å². The highest BCUT2D eigenvalue weighted by molar-refractivity contribution is 6.37. The van der Waals surface area contributed by atoms with Crippen molar-refractivity contribution in [1.29, 1.82) is 0 Å². The van der Waals surface area contributed by atoms with Crippen LogP contribution in [0.2, 0.25) is 5.02 Å². The lowest BCUT2D eigenvalue weighted by Gasteiger charge is -2.18. The summed E-state index contributed by atoms with van der Waals surface area (Å²) in [4.78, 5) is 35.7. The van der Waals surface area contributed by atoms with Crippen LogP contribution in [0.15, 0.2) is 18.2 Å². The number of anilines is 1. The van der Waals surface area contributed by atoms with E-state index in [1.165, 1.54) is 0 Å². The number of aryl methyl sites for hydroxylation is 1. The molecule has 0 spiro atoms. The van der Waals surface area contributed by atoms with Gasteiger partial charge in [0, 0.05) is 35.1 Å². The second-order valence-corrected chi connectivity index (χ2v) is 9.60. The maximum Gasteiger partial charge on any atom is 0.340 e. The van der Waals surface area contributed by atoms with Crippen LogP contribution in [-0.4, -0.2) is 80.1 Å². The standard InChI is InChI=1S/C27H37ClN4O3/c1-7-31(8-2)14-15-35-27(34)25-18(3)23(29-19(25)4)17-22-21-16-20(28)10-11-24(21)32(26(22)33)13-9-12-30(5)6/h10-11,16-17,29H,7-9,12-15H2,1-6H3/b22-17-. The Morgan fingerprint density at radius 3 is 2.54 bits per heavy atom. The largest absolute Gasteiger partial charge is 0.461 e. The van der Waals surface area contributed by atoms with E-state index in [1.54, 1.807) is 0 Å². The van der Waals surface area contributed by atoms with Crippen molar-refractivity contribution in [3.63, 3.8) is 0 Å². The highest BCUT2D eigenvalue weighted by atomic mass is 35.5. The number of rotatable bonds is 11. The third-order valence-corrected chi connectivity index (χ3v) is 6.74. The molecule has 35 heavy (non-hydrogen) atoms. The van der Waals surface area contributed by atoms with Crippen LogP contribution in [0.5, 0.6) is 0 Å². The molecule has 1 aromatic carbocycles. The number of fused-ring (bicyclic) bond motifs is 1. The number of aromatic nitrogens is 1. The Bertz CT molecular complexity index is 1100. The van der Waals surface area contributed by atoms with Gasteiger partial charge in [0.25, 0.3) is 5.91 Å². The smallest absolute Gasteiger partial charge is 0.340 e. The molecule has 1 aromatic heterocycles. The molecule has 7 nitrogen and oxygen atoms in total. The third-order valence-electron chi connectivity index (χ3n) is 6.51. The monoisotopic (exact) mass is 500 g/mol. The van der Waals surface area contributed by atoms with Crippen molar-refractivity contribution in [2.45, 2.75) is 34.1 Å². The molecule has 0 saturated carbocycles. The van der Waals surface area contributed by atoms with Crippen LogP contribution in [0.1, 0.15) is 53.1 Å². The number of nitrogens with zero attached hydrogens (tertiary/aromatic N) is 3. The number of aromatic amines is 1. The molecule has 0 radical (unpaired) electrons. The predicted molar refractivity (Wildman–Crippen MR) is 143 cm³/mol. The predicted octanol–water partition coefficient (Wildman–Crippen LogP) is 4.62. The summed E-state index contributed by atoms with van der Waals surface area (Å²) < 4.78 is 5.56. The maximum atomic E-state index is 13.4. The summed E-state index contributed by atoms with van der Waals surface area (Å²) in [7, 11) is 4.04. The molecule has 0 saturated heterocycles. The van der Waals surface area contributed by atoms with Crippen LogP contribution in [0.3, 0.4) is 0 Å². The number of carbonyl (C=O) groups excluding carboxylic acids is 2. The summed E-state index contributed by atoms with van der Waals surface area (Å²) >= 11 is 6.29. The molecule has 0 atom stereocenters. The van der Waals surface area contributed by atoms with Crippen molar-refractivity contribution in [3.8, 4) is 0 Å². The Kier molecular flexibility index (Phi) is 9.16. The first kappa shape index (κ1) is 27.0. The number of hydrogen-bond donors (Lipinski definition) is 1. The summed E-state index contributed by atoms with van der Waals surface area (Å²) in [5.74, 6) is -0.407. The van der Waals surface area contributed by atoms with Crippen LogP contribution in [-0.2, 0) is 9.53 Å². The summed E-state index contributed by atoms with van der Waals surface area (Å²) in [6.07, 6.45) is 2.69. The summed E-state index contributed by atoms with van der Waals surface area (Å²) in [6.45, 7) is 12.3. The molecule has 1 amide bonds. The summed E-state index contributed by atoms with van der Waals surface area (Å²) in [6, 6.07) is 5.55. The van der Waals surface area contributed by atoms with Gasteiger partial charge in [0.05, 0.1) is 16.8 Å². The van der Waals surface area contributed by atoms with E-state index in [0.29, 0.717) is 35.9 Å². The van der Waals surface area contributed by atoms with Gasteiger partial charge in [-0.05, 0) is 83.8 Å². The second kappa shape index (κ2) is 11.9. The molecule has 1 aliphatic rings. The van der Waals surface area contributed by atoms with E-state index in [1.807, 2.05) is 57.1 Å². The molecule has 0 fully saturated rings. The lowest BCUT2D eigenvalue weighted by molar-refractivity contribution is -0.113. The van der Waals surface area contributed by atoms with Crippen molar-refractivity contribution in [2.24, 2.45) is 0 Å². The van der Waals surface area contributed by atoms with Crippen LogP contribution in [0.25, 0.3) is 11.6 Å². The average Bonchev–Trinajstić information content (AvgIpc) is 3.23. The van der Waals surface area contributed by atoms with Gasteiger partial charge in [0.2, 0.25) is 0 Å². The van der Waals surface area contributed by atoms with Gasteiger partial charge in [0.15, 0.2) is 0 Å². The van der Waals surface area contributed by atoms with Gasteiger partial charge in [0.1, 0.15) is 6.61 Å². The number of amides is 1. The van der Waals surface area contributed by atoms with Gasteiger partial charge in [-0.1, -0.05) is 25.4 Å². The molecule has 1 aliphatic heterocycles. The molecule has 190 valence electrons. The zero-order chi connectivity index (χ0) is 25.7. The van der Waals surface area contributed by atoms with Gasteiger partial charge in [-0.3, -0.25) is 4.79 Å². The molecular formula is C27H37ClN4O3. The lowest BCUT2D eigenvalue weighted by Crippen LogP contribution is -2.29. The summed E-state index contributed by atoms with van der Waals surface area (Å²) in [5, 5.41) is 0.578. The molecule has 0 bridgehead atoms. The number of esters is 1. The zero-order valence-corrected chi connectivity index (χ0v) is 22.5. The molecule has 2 aromatic rings. The second-order valence-electron chi connectivity index (χ2n) is 9.16. The van der Waals surface area contributed by atoms with Crippen LogP contribution in [0, 0.1) is 13.8 Å². The lowest BCUT2D eigenvalue weighted by atomic mass is 10.0. The van der Waals surface area contributed by atoms with Gasteiger partial charge < -0.3 is 24.4 Å². The van der Waals surface area contributed by atoms with Gasteiger partial charge >= 0.3 is 5.97 Å². The fourth-order valence-corrected chi connectivity index (χ4v) is 4.66. The fourth-order valence-electron chi connectivity index (χ4n) is 4.48. The Balaban J connectivity index is 1.87. The average molecular weight is 501 g/mol. The van der Waals surface area contributed by atoms with Crippen molar-refractivity contribution in [3.05, 3.63) is 51.3 Å². The number of ether oxygens (including phenoxy) is 1. The molecule has 0 aliphatic carbocycles. The first-order chi connectivity index (χ1) is 16.7. The number of nitrogens with one attached hydrogen (secondary N) is 1. The van der Waals surface area contributed by atoms with E-state index in [2.05, 4.69) is 28.6 Å². The quantitative estimate of drug-likeness (QED) is 0.360. The molecule has 0 unspecified atom stereocenters. The Labute approximate surface area is 213 Å². The first-order valence-electron chi connectivity index (χ1n) is 12.2. The zero-order valence-electron chi connectivity index (χ0n) is 21.7. The Morgan fingerprint density at radius 2 is 1.89 bits per heavy atom. The maximum absolute atomic E-state index is 13.4. The highest BCUT2D eigenvalue weighted by Crippen LogP contribution is 2.40. The van der Waals surface area contributed by atoms with E-state index in [9.17, 15) is 9.59 Å². The molecular weight excluding hydrogens is 464 g/mol. The number of likely N-dealkylation sites (N-methyl/N-ethyl adjacent to an activating group) is 1. The number of benzene rings is 1. The Morgan fingerprint density at radius 1 is 1.17 bits per heavy atom. The minimum atomic E-state index is -0.348. The van der Waals surface area contributed by atoms with E-state index >= 15 is 0 Å². The first-order valence-corrected chi connectivity index (χ1v) is 12.6. The van der Waals surface area contributed by atoms with Gasteiger partial charge in [-0.2, -0.15) is 0 Å². The van der Waals surface area contributed by atoms with E-state index in [-0.39, 0.29) is 11.9 Å². The van der Waals surface area contributed by atoms with Gasteiger partial charge in [-0.15, -0.1) is 0 Å². The Hall–Kier alpha value is -2.61. The molecule has 1 N–H and O–H groups in total. The van der Waals surface area contributed by atoms with E-state index in [4.69, 9.17) is 16.3 Å². The topological polar surface area (TPSA) is 68.9 Å². The minimum Gasteiger partial charge on any atom is -0.461 e. The number of halogens is 1. The van der Waals surface area contributed by atoms with E-state index in [0.717, 1.165) is 54.3 Å². The minimum absolute atomic E-state index is 0.0592. The van der Waals surface area contributed by atoms with Crippen molar-refractivity contribution in [2.75, 3.05) is 58.3 Å². The number of carbonyl (C=O) groups is 2. The fraction of sp³-hybridized carbons (Fsp3) is 0.481. The molecule has 3 rings (SSSR count). The van der Waals surface area contributed by atoms with E-state index < -0.39 is 0 Å². The number of H-pyrrole nitrogens is 1. The third kappa shape index (κ3) is 6.15. The highest BCUT2D eigenvalue weighted by Gasteiger charge is 2.33. The number of hydrogen-bond acceptors (Lipinski definition) is 5. The normalized spacial score (nSPS) is 14.5. The SMILES string of the molecule is CCN(CC)CCOC(=O)c1c(C)[nH]c(/C=C2\C(=O)N(CCCN(C)C)c3ccc(Cl)cc32)c1C. The van der Waals surface area contributed by atoms with Crippen LogP contribution in [0.4, 0.5) is 5.69 Å².